The third-order valence-electron chi connectivity index (χ3n) is 3.23. The van der Waals surface area contributed by atoms with Crippen molar-refractivity contribution >= 4 is 44.4 Å². The Balaban J connectivity index is 2.08. The molecule has 3 aromatic rings. The van der Waals surface area contributed by atoms with Gasteiger partial charge in [-0.3, -0.25) is 10.2 Å². The highest BCUT2D eigenvalue weighted by Crippen LogP contribution is 2.28. The van der Waals surface area contributed by atoms with Crippen molar-refractivity contribution in [2.45, 2.75) is 11.8 Å². The summed E-state index contributed by atoms with van der Waals surface area (Å²) >= 11 is 4.94. The third kappa shape index (κ3) is 3.27. The van der Waals surface area contributed by atoms with Crippen LogP contribution in [0.25, 0.3) is 11.0 Å². The maximum Gasteiger partial charge on any atom is 0.281 e. The van der Waals surface area contributed by atoms with Crippen molar-refractivity contribution in [3.8, 4) is 6.07 Å². The van der Waals surface area contributed by atoms with Gasteiger partial charge in [-0.25, -0.2) is 14.6 Å². The van der Waals surface area contributed by atoms with Crippen molar-refractivity contribution in [2.24, 2.45) is 0 Å². The number of hydrogen-bond donors (Lipinski definition) is 1. The van der Waals surface area contributed by atoms with Gasteiger partial charge in [-0.1, -0.05) is 6.92 Å². The molecule has 0 radical (unpaired) electrons. The molecule has 0 saturated carbocycles. The fourth-order valence-corrected chi connectivity index (χ4v) is 3.23. The van der Waals surface area contributed by atoms with Crippen molar-refractivity contribution < 1.29 is 0 Å². The van der Waals surface area contributed by atoms with Crippen LogP contribution in [-0.2, 0) is 0 Å². The number of benzene rings is 1. The zero-order valence-corrected chi connectivity index (χ0v) is 15.1. The summed E-state index contributed by atoms with van der Waals surface area (Å²) in [5, 5.41) is 9.50. The molecule has 3 rings (SSSR count). The van der Waals surface area contributed by atoms with Crippen LogP contribution in [0.1, 0.15) is 12.5 Å². The number of hydrogen-bond acceptors (Lipinski definition) is 6. The SMILES string of the molecule is CCSc1ccc(C#N)cc1Nn1cnc2ncc(Br)cc2c1=O. The number of nitrogens with zero attached hydrogens (tertiary/aromatic N) is 4. The first kappa shape index (κ1) is 16.5. The van der Waals surface area contributed by atoms with E-state index in [1.54, 1.807) is 36.2 Å². The van der Waals surface area contributed by atoms with Crippen LogP contribution in [0.5, 0.6) is 0 Å². The van der Waals surface area contributed by atoms with Crippen LogP contribution in [0, 0.1) is 11.3 Å². The van der Waals surface area contributed by atoms with Gasteiger partial charge in [0.2, 0.25) is 0 Å². The van der Waals surface area contributed by atoms with E-state index in [9.17, 15) is 4.79 Å². The normalized spacial score (nSPS) is 10.5. The van der Waals surface area contributed by atoms with Crippen molar-refractivity contribution in [3.05, 3.63) is 57.2 Å². The summed E-state index contributed by atoms with van der Waals surface area (Å²) in [7, 11) is 0. The minimum Gasteiger partial charge on any atom is -0.289 e. The molecule has 24 heavy (non-hydrogen) atoms. The van der Waals surface area contributed by atoms with Gasteiger partial charge in [0.1, 0.15) is 6.33 Å². The van der Waals surface area contributed by atoms with Crippen LogP contribution in [0.3, 0.4) is 0 Å². The fourth-order valence-electron chi connectivity index (χ4n) is 2.16. The molecule has 1 N–H and O–H groups in total. The first-order valence-corrected chi connectivity index (χ1v) is 8.87. The van der Waals surface area contributed by atoms with Crippen molar-refractivity contribution in [1.29, 1.82) is 5.26 Å². The summed E-state index contributed by atoms with van der Waals surface area (Å²) in [5.74, 6) is 0.877. The number of pyridine rings is 1. The highest BCUT2D eigenvalue weighted by atomic mass is 79.9. The molecule has 8 heteroatoms. The molecule has 0 bridgehead atoms. The lowest BCUT2D eigenvalue weighted by atomic mass is 10.2. The molecule has 0 aliphatic heterocycles. The number of nitriles is 1. The lowest BCUT2D eigenvalue weighted by Crippen LogP contribution is -2.27. The highest BCUT2D eigenvalue weighted by molar-refractivity contribution is 9.10. The highest BCUT2D eigenvalue weighted by Gasteiger charge is 2.09. The smallest absolute Gasteiger partial charge is 0.281 e. The summed E-state index contributed by atoms with van der Waals surface area (Å²) in [6, 6.07) is 9.13. The molecule has 120 valence electrons. The number of fused-ring (bicyclic) bond motifs is 1. The summed E-state index contributed by atoms with van der Waals surface area (Å²) < 4.78 is 2.01. The second kappa shape index (κ2) is 7.03. The Labute approximate surface area is 150 Å². The number of anilines is 1. The van der Waals surface area contributed by atoms with Gasteiger partial charge in [0, 0.05) is 15.6 Å². The summed E-state index contributed by atoms with van der Waals surface area (Å²) in [6.45, 7) is 2.04. The molecule has 0 aliphatic carbocycles. The molecule has 2 aromatic heterocycles. The number of nitrogens with one attached hydrogen (secondary N) is 1. The van der Waals surface area contributed by atoms with Gasteiger partial charge < -0.3 is 0 Å². The second-order valence-corrected chi connectivity index (χ2v) is 7.03. The molecule has 0 unspecified atom stereocenters. The molecule has 0 atom stereocenters. The molecular weight excluding hydrogens is 390 g/mol. The Hall–Kier alpha value is -2.37. The van der Waals surface area contributed by atoms with E-state index in [1.807, 2.05) is 13.0 Å². The van der Waals surface area contributed by atoms with Crippen LogP contribution in [0.2, 0.25) is 0 Å². The van der Waals surface area contributed by atoms with Crippen LogP contribution in [-0.4, -0.2) is 20.4 Å². The molecule has 0 fully saturated rings. The minimum atomic E-state index is -0.261. The largest absolute Gasteiger partial charge is 0.289 e. The number of thioether (sulfide) groups is 1. The van der Waals surface area contributed by atoms with E-state index in [-0.39, 0.29) is 5.56 Å². The van der Waals surface area contributed by atoms with Crippen LogP contribution in [0.15, 0.2) is 51.0 Å². The van der Waals surface area contributed by atoms with Crippen LogP contribution < -0.4 is 11.0 Å². The quantitative estimate of drug-likeness (QED) is 0.674. The predicted molar refractivity (Wildman–Crippen MR) is 98.1 cm³/mol. The van der Waals surface area contributed by atoms with E-state index in [0.717, 1.165) is 10.6 Å². The number of aromatic nitrogens is 3. The van der Waals surface area contributed by atoms with Crippen molar-refractivity contribution in [3.63, 3.8) is 0 Å². The average Bonchev–Trinajstić information content (AvgIpc) is 2.59. The first-order valence-electron chi connectivity index (χ1n) is 7.09. The maximum absolute atomic E-state index is 12.6. The summed E-state index contributed by atoms with van der Waals surface area (Å²) in [6.07, 6.45) is 2.99. The topological polar surface area (TPSA) is 83.6 Å². The van der Waals surface area contributed by atoms with E-state index in [2.05, 4.69) is 37.4 Å². The van der Waals surface area contributed by atoms with Crippen molar-refractivity contribution in [1.82, 2.24) is 14.6 Å². The molecule has 1 aromatic carbocycles. The Morgan fingerprint density at radius 1 is 1.38 bits per heavy atom. The van der Waals surface area contributed by atoms with Gasteiger partial charge in [0.05, 0.1) is 22.7 Å². The zero-order valence-electron chi connectivity index (χ0n) is 12.7. The van der Waals surface area contributed by atoms with Crippen molar-refractivity contribution in [2.75, 3.05) is 11.2 Å². The first-order chi connectivity index (χ1) is 11.6. The lowest BCUT2D eigenvalue weighted by molar-refractivity contribution is 0.870. The molecule has 2 heterocycles. The molecule has 0 spiro atoms. The molecule has 0 aliphatic rings. The number of halogens is 1. The Morgan fingerprint density at radius 2 is 2.21 bits per heavy atom. The predicted octanol–water partition coefficient (Wildman–Crippen LogP) is 3.41. The van der Waals surface area contributed by atoms with Gasteiger partial charge >= 0.3 is 0 Å². The summed E-state index contributed by atoms with van der Waals surface area (Å²) in [5.41, 5.74) is 4.37. The summed E-state index contributed by atoms with van der Waals surface area (Å²) in [4.78, 5) is 21.9. The fraction of sp³-hybridized carbons (Fsp3) is 0.125. The molecule has 0 saturated heterocycles. The van der Waals surface area contributed by atoms with Crippen LogP contribution in [0.4, 0.5) is 5.69 Å². The molecule has 6 nitrogen and oxygen atoms in total. The van der Waals surface area contributed by atoms with Gasteiger partial charge in [0.15, 0.2) is 5.65 Å². The van der Waals surface area contributed by atoms with Gasteiger partial charge in [0.25, 0.3) is 5.56 Å². The minimum absolute atomic E-state index is 0.261. The molecule has 0 amide bonds. The second-order valence-electron chi connectivity index (χ2n) is 4.81. The van der Waals surface area contributed by atoms with Gasteiger partial charge in [-0.15, -0.1) is 11.8 Å². The number of rotatable bonds is 4. The Morgan fingerprint density at radius 3 is 2.96 bits per heavy atom. The van der Waals surface area contributed by atoms with Gasteiger partial charge in [-0.05, 0) is 45.9 Å². The van der Waals surface area contributed by atoms with Gasteiger partial charge in [-0.2, -0.15) is 5.26 Å². The average molecular weight is 402 g/mol. The third-order valence-corrected chi connectivity index (χ3v) is 4.62. The molecular formula is C16H12BrN5OS. The standard InChI is InChI=1S/C16H12BrN5OS/c1-2-24-14-4-3-10(7-18)5-13(14)21-22-9-20-15-12(16(22)23)6-11(17)8-19-15/h3-6,8-9,21H,2H2,1H3. The van der Waals surface area contributed by atoms with E-state index in [4.69, 9.17) is 5.26 Å². The Bertz CT molecular complexity index is 1010. The maximum atomic E-state index is 12.6. The van der Waals surface area contributed by atoms with E-state index in [1.165, 1.54) is 11.0 Å². The van der Waals surface area contributed by atoms with Crippen LogP contribution >= 0.6 is 27.7 Å². The lowest BCUT2D eigenvalue weighted by Gasteiger charge is -2.13. The van der Waals surface area contributed by atoms with E-state index >= 15 is 0 Å². The Kier molecular flexibility index (Phi) is 4.83. The van der Waals surface area contributed by atoms with E-state index < -0.39 is 0 Å². The van der Waals surface area contributed by atoms with E-state index in [0.29, 0.717) is 26.8 Å². The zero-order chi connectivity index (χ0) is 17.1. The monoisotopic (exact) mass is 401 g/mol.